The summed E-state index contributed by atoms with van der Waals surface area (Å²) in [5.41, 5.74) is -1.58. The zero-order chi connectivity index (χ0) is 16.0. The second-order valence-electron chi connectivity index (χ2n) is 3.65. The predicted molar refractivity (Wildman–Crippen MR) is 66.7 cm³/mol. The lowest BCUT2D eigenvalue weighted by molar-refractivity contribution is -0.387. The zero-order valence-electron chi connectivity index (χ0n) is 10.8. The maximum Gasteiger partial charge on any atom is 0.325 e. The molecular weight excluding hydrogens is 292 g/mol. The number of amides is 2. The van der Waals surface area contributed by atoms with Crippen molar-refractivity contribution in [1.29, 1.82) is 0 Å². The van der Waals surface area contributed by atoms with Crippen molar-refractivity contribution < 1.29 is 28.0 Å². The highest BCUT2D eigenvalue weighted by Gasteiger charge is 2.19. The Bertz CT molecular complexity index is 579. The van der Waals surface area contributed by atoms with E-state index in [0.29, 0.717) is 6.07 Å². The van der Waals surface area contributed by atoms with Gasteiger partial charge in [-0.3, -0.25) is 14.9 Å². The monoisotopic (exact) mass is 303 g/mol. The smallest absolute Gasteiger partial charge is 0.325 e. The molecule has 0 spiro atoms. The molecule has 1 aromatic carbocycles. The maximum absolute atomic E-state index is 13.4. The highest BCUT2D eigenvalue weighted by molar-refractivity contribution is 5.91. The van der Waals surface area contributed by atoms with Crippen molar-refractivity contribution in [2.24, 2.45) is 0 Å². The Balaban J connectivity index is 2.74. The van der Waals surface area contributed by atoms with Crippen LogP contribution in [-0.2, 0) is 9.53 Å². The Morgan fingerprint density at radius 3 is 2.57 bits per heavy atom. The van der Waals surface area contributed by atoms with Crippen molar-refractivity contribution >= 4 is 23.4 Å². The van der Waals surface area contributed by atoms with Gasteiger partial charge in [-0.25, -0.2) is 9.18 Å². The van der Waals surface area contributed by atoms with Gasteiger partial charge in [0.25, 0.3) is 0 Å². The highest BCUT2D eigenvalue weighted by atomic mass is 19.1. The Labute approximate surface area is 117 Å². The normalized spacial score (nSPS) is 9.86. The summed E-state index contributed by atoms with van der Waals surface area (Å²) >= 11 is 0. The number of urea groups is 1. The van der Waals surface area contributed by atoms with Gasteiger partial charge in [0.15, 0.2) is 0 Å². The van der Waals surface area contributed by atoms with Gasteiger partial charge in [-0.1, -0.05) is 0 Å². The molecule has 0 saturated heterocycles. The van der Waals surface area contributed by atoms with Crippen LogP contribution in [0.5, 0.6) is 0 Å². The number of benzene rings is 1. The van der Waals surface area contributed by atoms with Gasteiger partial charge in [-0.05, 0) is 6.92 Å². The lowest BCUT2D eigenvalue weighted by atomic mass is 10.2. The summed E-state index contributed by atoms with van der Waals surface area (Å²) in [5.74, 6) is -3.27. The first-order chi connectivity index (χ1) is 9.85. The topological polar surface area (TPSA) is 111 Å². The van der Waals surface area contributed by atoms with E-state index < -0.39 is 46.5 Å². The molecule has 0 saturated carbocycles. The standard InChI is InChI=1S/C11H11F2N3O5/c1-2-21-10(17)5-14-11(18)15-8-4-9(16(19)20)7(13)3-6(8)12/h3-4H,2,5H2,1H3,(H2,14,15,18). The molecule has 114 valence electrons. The zero-order valence-corrected chi connectivity index (χ0v) is 10.8. The van der Waals surface area contributed by atoms with E-state index in [1.165, 1.54) is 0 Å². The molecule has 0 heterocycles. The number of nitro benzene ring substituents is 1. The summed E-state index contributed by atoms with van der Waals surface area (Å²) in [7, 11) is 0. The lowest BCUT2D eigenvalue weighted by Gasteiger charge is -2.08. The third-order valence-electron chi connectivity index (χ3n) is 2.18. The van der Waals surface area contributed by atoms with Crippen LogP contribution in [0.1, 0.15) is 6.92 Å². The average Bonchev–Trinajstić information content (AvgIpc) is 2.39. The molecule has 8 nitrogen and oxygen atoms in total. The fourth-order valence-corrected chi connectivity index (χ4v) is 1.30. The molecule has 0 radical (unpaired) electrons. The molecular formula is C11H11F2N3O5. The first kappa shape index (κ1) is 16.3. The van der Waals surface area contributed by atoms with Crippen LogP contribution in [-0.4, -0.2) is 30.1 Å². The number of ether oxygens (including phenoxy) is 1. The van der Waals surface area contributed by atoms with E-state index >= 15 is 0 Å². The number of carbonyl (C=O) groups is 2. The molecule has 0 aliphatic heterocycles. The van der Waals surface area contributed by atoms with Crippen LogP contribution >= 0.6 is 0 Å². The van der Waals surface area contributed by atoms with E-state index in [4.69, 9.17) is 0 Å². The SMILES string of the molecule is CCOC(=O)CNC(=O)Nc1cc([N+](=O)[O-])c(F)cc1F. The van der Waals surface area contributed by atoms with Gasteiger partial charge in [0, 0.05) is 12.1 Å². The molecule has 21 heavy (non-hydrogen) atoms. The third-order valence-corrected chi connectivity index (χ3v) is 2.18. The van der Waals surface area contributed by atoms with Gasteiger partial charge in [0.2, 0.25) is 5.82 Å². The second kappa shape index (κ2) is 7.12. The number of halogens is 2. The summed E-state index contributed by atoms with van der Waals surface area (Å²) in [6.45, 7) is 1.23. The molecule has 0 atom stereocenters. The summed E-state index contributed by atoms with van der Waals surface area (Å²) in [6.07, 6.45) is 0. The van der Waals surface area contributed by atoms with Crippen molar-refractivity contribution in [2.45, 2.75) is 6.92 Å². The van der Waals surface area contributed by atoms with Crippen LogP contribution in [0.25, 0.3) is 0 Å². The summed E-state index contributed by atoms with van der Waals surface area (Å²) < 4.78 is 31.0. The Morgan fingerprint density at radius 2 is 2.00 bits per heavy atom. The van der Waals surface area contributed by atoms with Crippen LogP contribution in [0.15, 0.2) is 12.1 Å². The molecule has 2 amide bonds. The first-order valence-corrected chi connectivity index (χ1v) is 5.69. The minimum atomic E-state index is -1.37. The van der Waals surface area contributed by atoms with Gasteiger partial charge in [0.05, 0.1) is 17.2 Å². The molecule has 0 unspecified atom stereocenters. The van der Waals surface area contributed by atoms with Crippen LogP contribution in [0, 0.1) is 21.7 Å². The van der Waals surface area contributed by atoms with Crippen LogP contribution in [0.4, 0.5) is 25.0 Å². The number of carbonyl (C=O) groups excluding carboxylic acids is 2. The number of esters is 1. The van der Waals surface area contributed by atoms with Crippen molar-refractivity contribution in [3.05, 3.63) is 33.9 Å². The molecule has 10 heteroatoms. The van der Waals surface area contributed by atoms with Gasteiger partial charge in [0.1, 0.15) is 12.4 Å². The summed E-state index contributed by atoms with van der Waals surface area (Å²) in [6, 6.07) is -0.184. The molecule has 1 rings (SSSR count). The number of hydrogen-bond acceptors (Lipinski definition) is 5. The minimum absolute atomic E-state index is 0.126. The van der Waals surface area contributed by atoms with Crippen LogP contribution < -0.4 is 10.6 Å². The molecule has 1 aromatic rings. The number of nitrogens with zero attached hydrogens (tertiary/aromatic N) is 1. The van der Waals surface area contributed by atoms with E-state index in [1.807, 2.05) is 5.32 Å². The van der Waals surface area contributed by atoms with Crippen molar-refractivity contribution in [3.8, 4) is 0 Å². The Kier molecular flexibility index (Phi) is 5.52. The van der Waals surface area contributed by atoms with Crippen LogP contribution in [0.2, 0.25) is 0 Å². The van der Waals surface area contributed by atoms with Crippen molar-refractivity contribution in [1.82, 2.24) is 5.32 Å². The van der Waals surface area contributed by atoms with Gasteiger partial charge >= 0.3 is 17.7 Å². The van der Waals surface area contributed by atoms with Gasteiger partial charge in [-0.15, -0.1) is 0 Å². The average molecular weight is 303 g/mol. The highest BCUT2D eigenvalue weighted by Crippen LogP contribution is 2.24. The fourth-order valence-electron chi connectivity index (χ4n) is 1.30. The van der Waals surface area contributed by atoms with Crippen LogP contribution in [0.3, 0.4) is 0 Å². The summed E-state index contributed by atoms with van der Waals surface area (Å²) in [4.78, 5) is 31.8. The molecule has 2 N–H and O–H groups in total. The number of anilines is 1. The maximum atomic E-state index is 13.4. The van der Waals surface area contributed by atoms with E-state index in [2.05, 4.69) is 10.1 Å². The first-order valence-electron chi connectivity index (χ1n) is 5.69. The largest absolute Gasteiger partial charge is 0.465 e. The Hall–Kier alpha value is -2.78. The number of rotatable bonds is 5. The van der Waals surface area contributed by atoms with Crippen molar-refractivity contribution in [2.75, 3.05) is 18.5 Å². The number of hydrogen-bond donors (Lipinski definition) is 2. The number of nitrogens with one attached hydrogen (secondary N) is 2. The lowest BCUT2D eigenvalue weighted by Crippen LogP contribution is -2.34. The predicted octanol–water partition coefficient (Wildman–Crippen LogP) is 1.56. The van der Waals surface area contributed by atoms with Crippen molar-refractivity contribution in [3.63, 3.8) is 0 Å². The Morgan fingerprint density at radius 1 is 1.33 bits per heavy atom. The number of nitro groups is 1. The molecule has 0 fully saturated rings. The fraction of sp³-hybridized carbons (Fsp3) is 0.273. The van der Waals surface area contributed by atoms with Gasteiger partial charge < -0.3 is 15.4 Å². The van der Waals surface area contributed by atoms with E-state index in [0.717, 1.165) is 0 Å². The van der Waals surface area contributed by atoms with E-state index in [9.17, 15) is 28.5 Å². The van der Waals surface area contributed by atoms with Gasteiger partial charge in [-0.2, -0.15) is 4.39 Å². The summed E-state index contributed by atoms with van der Waals surface area (Å²) in [5, 5.41) is 14.5. The van der Waals surface area contributed by atoms with E-state index in [-0.39, 0.29) is 12.7 Å². The minimum Gasteiger partial charge on any atom is -0.465 e. The third kappa shape index (κ3) is 4.67. The van der Waals surface area contributed by atoms with E-state index in [1.54, 1.807) is 6.92 Å². The second-order valence-corrected chi connectivity index (χ2v) is 3.65. The molecule has 0 aromatic heterocycles. The molecule has 0 aliphatic rings. The quantitative estimate of drug-likeness (QED) is 0.487. The molecule has 0 bridgehead atoms. The molecule has 0 aliphatic carbocycles.